The van der Waals surface area contributed by atoms with E-state index in [0.29, 0.717) is 0 Å². The average Bonchev–Trinajstić information content (AvgIpc) is 1.63. The van der Waals surface area contributed by atoms with Gasteiger partial charge in [-0.3, -0.25) is 0 Å². The van der Waals surface area contributed by atoms with Gasteiger partial charge in [0, 0.05) is 68.3 Å². The standard InChI is InChI=1S/C81H70N4/c1-53-9-25-61(26-10-53)82(62-27-11-54(2)12-28-62)69-41-45-73-74-46-42-70(83(63-29-13-55(3)14-30-63)64-31-15-56(4)16-32-64)50-78(74)81(77(73)49-69)79-51-71(84(65-33-17-57(5)18-34-65)66-35-19-58(6)20-36-66)43-47-75(79)76-48-44-72(52-80(76)81)85(67-37-21-59(7)22-38-67)68-39-23-60(8)24-40-68/h9-23,25-39,41-52H,24,40H2,1-8H3. The van der Waals surface area contributed by atoms with Crippen LogP contribution in [0, 0.1) is 48.5 Å². The van der Waals surface area contributed by atoms with E-state index in [4.69, 9.17) is 0 Å². The predicted molar refractivity (Wildman–Crippen MR) is 360 cm³/mol. The first-order valence-corrected chi connectivity index (χ1v) is 30.0. The summed E-state index contributed by atoms with van der Waals surface area (Å²) in [4.78, 5) is 9.87. The lowest BCUT2D eigenvalue weighted by Gasteiger charge is -2.35. The SMILES string of the molecule is CC1=CC=C(N(c2ccc(C)cc2)c2ccc3c(c2)C2(c4cc(N(c5ccc(C)cc5)c5ccc(C)cc5)ccc4-3)c3cc(N(c4ccc(C)cc4)c4ccc(C)cc4)ccc3-c3ccc(N(c4ccc(C)cc4)c4ccc(C)cc4)cc32)CC1. The fraction of sp³-hybridized carbons (Fsp3) is 0.136. The topological polar surface area (TPSA) is 13.0 Å². The number of benzene rings is 11. The first-order chi connectivity index (χ1) is 41.4. The average molecular weight is 1100 g/mol. The number of rotatable bonds is 12. The molecule has 4 heteroatoms. The molecule has 0 fully saturated rings. The van der Waals surface area contributed by atoms with Gasteiger partial charge in [0.2, 0.25) is 0 Å². The second-order valence-electron chi connectivity index (χ2n) is 24.0. The maximum absolute atomic E-state index is 2.56. The maximum atomic E-state index is 2.56. The van der Waals surface area contributed by atoms with Crippen molar-refractivity contribution in [1.29, 1.82) is 0 Å². The van der Waals surface area contributed by atoms with E-state index < -0.39 is 5.41 Å². The Hall–Kier alpha value is -9.90. The van der Waals surface area contributed by atoms with E-state index >= 15 is 0 Å². The van der Waals surface area contributed by atoms with Crippen molar-refractivity contribution < 1.29 is 0 Å². The molecule has 0 N–H and O–H groups in total. The lowest BCUT2D eigenvalue weighted by Crippen LogP contribution is -2.27. The second-order valence-corrected chi connectivity index (χ2v) is 24.0. The number of hydrogen-bond donors (Lipinski definition) is 0. The van der Waals surface area contributed by atoms with Gasteiger partial charge >= 0.3 is 0 Å². The van der Waals surface area contributed by atoms with Gasteiger partial charge in [0.1, 0.15) is 0 Å². The van der Waals surface area contributed by atoms with E-state index in [9.17, 15) is 0 Å². The monoisotopic (exact) mass is 1100 g/mol. The summed E-state index contributed by atoms with van der Waals surface area (Å²) in [5.41, 5.74) is 32.6. The van der Waals surface area contributed by atoms with E-state index in [-0.39, 0.29) is 0 Å². The number of nitrogens with zero attached hydrogens (tertiary/aromatic N) is 4. The van der Waals surface area contributed by atoms with Crippen LogP contribution in [0.2, 0.25) is 0 Å². The van der Waals surface area contributed by atoms with Gasteiger partial charge < -0.3 is 19.6 Å². The quantitative estimate of drug-likeness (QED) is 0.121. The Kier molecular flexibility index (Phi) is 13.4. The Bertz CT molecular complexity index is 3960. The van der Waals surface area contributed by atoms with Crippen molar-refractivity contribution in [3.05, 3.63) is 327 Å². The molecule has 0 saturated carbocycles. The molecule has 0 unspecified atom stereocenters. The highest BCUT2D eigenvalue weighted by atomic mass is 15.2. The molecule has 0 radical (unpaired) electrons. The summed E-state index contributed by atoms with van der Waals surface area (Å²) >= 11 is 0. The Morgan fingerprint density at radius 3 is 0.659 bits per heavy atom. The van der Waals surface area contributed by atoms with Gasteiger partial charge in [-0.15, -0.1) is 0 Å². The number of anilines is 11. The van der Waals surface area contributed by atoms with Crippen LogP contribution in [0.15, 0.2) is 266 Å². The fourth-order valence-corrected chi connectivity index (χ4v) is 13.3. The molecule has 414 valence electrons. The lowest BCUT2D eigenvalue weighted by molar-refractivity contribution is 0.792. The van der Waals surface area contributed by atoms with E-state index in [1.807, 2.05) is 0 Å². The summed E-state index contributed by atoms with van der Waals surface area (Å²) < 4.78 is 0. The highest BCUT2D eigenvalue weighted by Gasteiger charge is 2.53. The minimum absolute atomic E-state index is 0.825. The van der Waals surface area contributed by atoms with E-state index in [1.165, 1.54) is 94.7 Å². The van der Waals surface area contributed by atoms with Crippen molar-refractivity contribution in [3.63, 3.8) is 0 Å². The molecule has 11 aromatic carbocycles. The Morgan fingerprint density at radius 1 is 0.224 bits per heavy atom. The molecule has 14 rings (SSSR count). The molecular formula is C81H70N4. The zero-order valence-electron chi connectivity index (χ0n) is 50.0. The van der Waals surface area contributed by atoms with Gasteiger partial charge in [-0.1, -0.05) is 160 Å². The first kappa shape index (κ1) is 53.1. The molecule has 0 aliphatic heterocycles. The van der Waals surface area contributed by atoms with Gasteiger partial charge in [0.05, 0.1) is 5.41 Å². The maximum Gasteiger partial charge on any atom is 0.0728 e. The van der Waals surface area contributed by atoms with Crippen LogP contribution in [-0.4, -0.2) is 0 Å². The van der Waals surface area contributed by atoms with Crippen LogP contribution >= 0.6 is 0 Å². The third-order valence-electron chi connectivity index (χ3n) is 17.9. The highest BCUT2D eigenvalue weighted by Crippen LogP contribution is 2.65. The van der Waals surface area contributed by atoms with Crippen molar-refractivity contribution >= 4 is 62.6 Å². The predicted octanol–water partition coefficient (Wildman–Crippen LogP) is 22.4. The Morgan fingerprint density at radius 2 is 0.435 bits per heavy atom. The summed E-state index contributed by atoms with van der Waals surface area (Å²) in [6.45, 7) is 17.4. The Labute approximate surface area is 502 Å². The van der Waals surface area contributed by atoms with Gasteiger partial charge in [0.15, 0.2) is 0 Å². The smallest absolute Gasteiger partial charge is 0.0728 e. The molecule has 0 atom stereocenters. The van der Waals surface area contributed by atoms with Crippen LogP contribution in [0.4, 0.5) is 62.6 Å². The van der Waals surface area contributed by atoms with Gasteiger partial charge in [-0.2, -0.15) is 0 Å². The summed E-state index contributed by atoms with van der Waals surface area (Å²) in [6, 6.07) is 92.4. The molecular weight excluding hydrogens is 1030 g/mol. The van der Waals surface area contributed by atoms with Gasteiger partial charge in [0.25, 0.3) is 0 Å². The molecule has 85 heavy (non-hydrogen) atoms. The number of aryl methyl sites for hydroxylation is 7. The zero-order chi connectivity index (χ0) is 58.1. The van der Waals surface area contributed by atoms with Crippen molar-refractivity contribution in [2.45, 2.75) is 73.6 Å². The molecule has 11 aromatic rings. The zero-order valence-corrected chi connectivity index (χ0v) is 50.0. The van der Waals surface area contributed by atoms with Crippen LogP contribution in [-0.2, 0) is 5.41 Å². The van der Waals surface area contributed by atoms with Crippen LogP contribution < -0.4 is 19.6 Å². The van der Waals surface area contributed by atoms with Crippen LogP contribution in [0.1, 0.15) is 81.0 Å². The van der Waals surface area contributed by atoms with E-state index in [2.05, 4.69) is 330 Å². The normalized spacial score (nSPS) is 13.3. The third-order valence-corrected chi connectivity index (χ3v) is 17.9. The molecule has 0 heterocycles. The first-order valence-electron chi connectivity index (χ1n) is 30.0. The molecule has 3 aliphatic carbocycles. The molecule has 0 amide bonds. The number of allylic oxidation sites excluding steroid dienone is 4. The molecule has 0 saturated heterocycles. The third kappa shape index (κ3) is 9.43. The largest absolute Gasteiger partial charge is 0.314 e. The van der Waals surface area contributed by atoms with Crippen LogP contribution in [0.25, 0.3) is 22.3 Å². The van der Waals surface area contributed by atoms with Gasteiger partial charge in [-0.25, -0.2) is 0 Å². The molecule has 0 aromatic heterocycles. The number of hydrogen-bond acceptors (Lipinski definition) is 4. The molecule has 4 nitrogen and oxygen atoms in total. The summed E-state index contributed by atoms with van der Waals surface area (Å²) in [5.74, 6) is 0. The van der Waals surface area contributed by atoms with Crippen molar-refractivity contribution in [2.75, 3.05) is 19.6 Å². The second kappa shape index (κ2) is 21.4. The molecule has 3 aliphatic rings. The van der Waals surface area contributed by atoms with E-state index in [1.54, 1.807) is 0 Å². The summed E-state index contributed by atoms with van der Waals surface area (Å²) in [7, 11) is 0. The van der Waals surface area contributed by atoms with Crippen molar-refractivity contribution in [1.82, 2.24) is 0 Å². The van der Waals surface area contributed by atoms with E-state index in [0.717, 1.165) is 75.4 Å². The van der Waals surface area contributed by atoms with Crippen molar-refractivity contribution in [2.24, 2.45) is 0 Å². The fourth-order valence-electron chi connectivity index (χ4n) is 13.3. The summed E-state index contributed by atoms with van der Waals surface area (Å²) in [5, 5.41) is 0. The minimum atomic E-state index is -0.825. The minimum Gasteiger partial charge on any atom is -0.314 e. The molecule has 1 spiro atoms. The van der Waals surface area contributed by atoms with Gasteiger partial charge in [-0.05, 0) is 252 Å². The van der Waals surface area contributed by atoms with Crippen molar-refractivity contribution in [3.8, 4) is 22.3 Å². The van der Waals surface area contributed by atoms with Crippen LogP contribution in [0.5, 0.6) is 0 Å². The van der Waals surface area contributed by atoms with Crippen LogP contribution in [0.3, 0.4) is 0 Å². The number of fused-ring (bicyclic) bond motifs is 10. The summed E-state index contributed by atoms with van der Waals surface area (Å²) in [6.07, 6.45) is 6.62. The highest BCUT2D eigenvalue weighted by molar-refractivity contribution is 6.00. The molecule has 0 bridgehead atoms. The lowest BCUT2D eigenvalue weighted by atomic mass is 9.70. The Balaban J connectivity index is 1.10.